The molecule has 0 radical (unpaired) electrons. The van der Waals surface area contributed by atoms with Crippen molar-refractivity contribution < 1.29 is 14.4 Å². The van der Waals surface area contributed by atoms with Crippen LogP contribution in [0.25, 0.3) is 0 Å². The van der Waals surface area contributed by atoms with Gasteiger partial charge < -0.3 is 15.1 Å². The molecular formula is C34H35BrN6O4. The molecule has 3 fully saturated rings. The maximum Gasteiger partial charge on any atom is 0.282 e. The number of carbonyl (C=O) groups is 3. The van der Waals surface area contributed by atoms with Crippen molar-refractivity contribution in [3.05, 3.63) is 91.8 Å². The Balaban J connectivity index is 1.01. The quantitative estimate of drug-likeness (QED) is 0.317. The number of nitrogens with one attached hydrogen (secondary N) is 2. The Morgan fingerprint density at radius 1 is 0.978 bits per heavy atom. The summed E-state index contributed by atoms with van der Waals surface area (Å²) in [7, 11) is 3.72. The van der Waals surface area contributed by atoms with Crippen LogP contribution in [0.4, 0.5) is 5.69 Å². The Labute approximate surface area is 270 Å². The van der Waals surface area contributed by atoms with E-state index in [0.29, 0.717) is 41.7 Å². The SMILES string of the molecule is CN1CC(c2ccc(C(=O)N3CC(C#Cc4ccc(C5CCC(=O)NC5=O)cc4)C3)cc2)C[C@@H](Nc2cnn(C)c(=O)c2Br)C1. The molecule has 0 bridgehead atoms. The van der Waals surface area contributed by atoms with Gasteiger partial charge in [-0.1, -0.05) is 36.1 Å². The first-order valence-corrected chi connectivity index (χ1v) is 15.9. The third-order valence-corrected chi connectivity index (χ3v) is 9.61. The highest BCUT2D eigenvalue weighted by Gasteiger charge is 2.31. The molecule has 45 heavy (non-hydrogen) atoms. The van der Waals surface area contributed by atoms with Crippen LogP contribution in [0.5, 0.6) is 0 Å². The van der Waals surface area contributed by atoms with Crippen molar-refractivity contribution in [3.63, 3.8) is 0 Å². The molecule has 0 aliphatic carbocycles. The van der Waals surface area contributed by atoms with Crippen molar-refractivity contribution in [2.24, 2.45) is 13.0 Å². The van der Waals surface area contributed by atoms with Crippen LogP contribution in [0.15, 0.2) is 64.0 Å². The zero-order valence-electron chi connectivity index (χ0n) is 25.3. The van der Waals surface area contributed by atoms with Gasteiger partial charge in [-0.2, -0.15) is 5.10 Å². The highest BCUT2D eigenvalue weighted by atomic mass is 79.9. The van der Waals surface area contributed by atoms with E-state index in [1.54, 1.807) is 13.2 Å². The number of likely N-dealkylation sites (tertiary alicyclic amines) is 2. The second-order valence-corrected chi connectivity index (χ2v) is 13.0. The van der Waals surface area contributed by atoms with E-state index >= 15 is 0 Å². The monoisotopic (exact) mass is 670 g/mol. The average molecular weight is 672 g/mol. The normalized spacial score (nSPS) is 22.2. The zero-order chi connectivity index (χ0) is 31.7. The molecule has 4 heterocycles. The lowest BCUT2D eigenvalue weighted by Crippen LogP contribution is -2.49. The Hall–Kier alpha value is -4.27. The summed E-state index contributed by atoms with van der Waals surface area (Å²) in [5, 5.41) is 10.0. The fraction of sp³-hybridized carbons (Fsp3) is 0.382. The van der Waals surface area contributed by atoms with Crippen molar-refractivity contribution in [3.8, 4) is 11.8 Å². The van der Waals surface area contributed by atoms with Gasteiger partial charge in [0.05, 0.1) is 23.7 Å². The fourth-order valence-corrected chi connectivity index (χ4v) is 6.78. The van der Waals surface area contributed by atoms with Crippen LogP contribution in [-0.2, 0) is 16.6 Å². The summed E-state index contributed by atoms with van der Waals surface area (Å²) < 4.78 is 1.78. The molecule has 0 spiro atoms. The van der Waals surface area contributed by atoms with Crippen LogP contribution in [-0.4, -0.2) is 76.6 Å². The van der Waals surface area contributed by atoms with E-state index in [1.165, 1.54) is 10.2 Å². The summed E-state index contributed by atoms with van der Waals surface area (Å²) in [4.78, 5) is 53.0. The van der Waals surface area contributed by atoms with Crippen molar-refractivity contribution in [1.82, 2.24) is 24.9 Å². The molecule has 2 unspecified atom stereocenters. The van der Waals surface area contributed by atoms with Crippen LogP contribution in [0.3, 0.4) is 0 Å². The van der Waals surface area contributed by atoms with Crippen molar-refractivity contribution in [2.75, 3.05) is 38.5 Å². The number of amides is 3. The summed E-state index contributed by atoms with van der Waals surface area (Å²) in [5.74, 6) is 6.11. The molecule has 2 N–H and O–H groups in total. The topological polar surface area (TPSA) is 117 Å². The molecule has 3 aromatic rings. The van der Waals surface area contributed by atoms with Gasteiger partial charge in [-0.25, -0.2) is 4.68 Å². The number of hydrogen-bond donors (Lipinski definition) is 2. The molecule has 3 aliphatic rings. The van der Waals surface area contributed by atoms with Gasteiger partial charge in [0.2, 0.25) is 11.8 Å². The number of aromatic nitrogens is 2. The van der Waals surface area contributed by atoms with E-state index in [4.69, 9.17) is 0 Å². The number of halogens is 1. The van der Waals surface area contributed by atoms with E-state index in [1.807, 2.05) is 41.3 Å². The molecular weight excluding hydrogens is 636 g/mol. The maximum atomic E-state index is 13.1. The molecule has 3 aliphatic heterocycles. The molecule has 6 rings (SSSR count). The van der Waals surface area contributed by atoms with Gasteiger partial charge in [-0.15, -0.1) is 0 Å². The highest BCUT2D eigenvalue weighted by Crippen LogP contribution is 2.30. The van der Waals surface area contributed by atoms with Crippen LogP contribution in [0.2, 0.25) is 0 Å². The lowest BCUT2D eigenvalue weighted by molar-refractivity contribution is -0.134. The van der Waals surface area contributed by atoms with Gasteiger partial charge in [0, 0.05) is 56.8 Å². The Morgan fingerprint density at radius 2 is 1.69 bits per heavy atom. The van der Waals surface area contributed by atoms with E-state index in [2.05, 4.69) is 67.6 Å². The number of nitrogens with zero attached hydrogens (tertiary/aromatic N) is 4. The second kappa shape index (κ2) is 13.0. The number of anilines is 1. The van der Waals surface area contributed by atoms with Crippen molar-refractivity contribution in [2.45, 2.75) is 37.1 Å². The van der Waals surface area contributed by atoms with E-state index in [9.17, 15) is 19.2 Å². The molecule has 3 amide bonds. The van der Waals surface area contributed by atoms with Gasteiger partial charge in [0.1, 0.15) is 4.47 Å². The molecule has 1 aromatic heterocycles. The number of carbonyl (C=O) groups excluding carboxylic acids is 3. The standard InChI is InChI=1S/C34H35BrN6O4/c1-39-19-26(15-27(20-39)37-29-16-36-40(2)34(45)31(29)35)23-9-11-25(12-10-23)33(44)41-17-22(18-41)4-3-21-5-7-24(8-6-21)28-13-14-30(42)38-32(28)43/h5-12,16,22,26-28,37H,13-15,17-20H2,1-2H3,(H,38,42,43)/t26?,27-,28?/m1/s1. The number of rotatable bonds is 5. The van der Waals surface area contributed by atoms with Gasteiger partial charge in [0.25, 0.3) is 11.5 Å². The van der Waals surface area contributed by atoms with Gasteiger partial charge in [-0.05, 0) is 77.1 Å². The molecule has 2 aromatic carbocycles. The van der Waals surface area contributed by atoms with Crippen LogP contribution >= 0.6 is 15.9 Å². The fourth-order valence-electron chi connectivity index (χ4n) is 6.31. The molecule has 232 valence electrons. The molecule has 0 saturated carbocycles. The lowest BCUT2D eigenvalue weighted by atomic mass is 9.87. The summed E-state index contributed by atoms with van der Waals surface area (Å²) in [5.41, 5.74) is 4.10. The van der Waals surface area contributed by atoms with Gasteiger partial charge in [0.15, 0.2) is 0 Å². The van der Waals surface area contributed by atoms with Crippen LogP contribution < -0.4 is 16.2 Å². The van der Waals surface area contributed by atoms with Gasteiger partial charge >= 0.3 is 0 Å². The van der Waals surface area contributed by atoms with Crippen molar-refractivity contribution in [1.29, 1.82) is 0 Å². The number of piperidine rings is 2. The first-order chi connectivity index (χ1) is 21.6. The molecule has 11 heteroatoms. The van der Waals surface area contributed by atoms with Gasteiger partial charge in [-0.3, -0.25) is 24.5 Å². The highest BCUT2D eigenvalue weighted by molar-refractivity contribution is 9.10. The summed E-state index contributed by atoms with van der Waals surface area (Å²) >= 11 is 3.41. The van der Waals surface area contributed by atoms with Crippen molar-refractivity contribution >= 4 is 39.3 Å². The smallest absolute Gasteiger partial charge is 0.282 e. The third kappa shape index (κ3) is 6.87. The number of aryl methyl sites for hydroxylation is 1. The minimum absolute atomic E-state index is 0.0107. The average Bonchev–Trinajstić information content (AvgIpc) is 3.01. The molecule has 3 saturated heterocycles. The number of hydrogen-bond acceptors (Lipinski definition) is 7. The largest absolute Gasteiger partial charge is 0.379 e. The van der Waals surface area contributed by atoms with Crippen LogP contribution in [0, 0.1) is 17.8 Å². The first-order valence-electron chi connectivity index (χ1n) is 15.2. The minimum atomic E-state index is -0.305. The minimum Gasteiger partial charge on any atom is -0.379 e. The second-order valence-electron chi connectivity index (χ2n) is 12.2. The Morgan fingerprint density at radius 3 is 2.40 bits per heavy atom. The molecule has 10 nitrogen and oxygen atoms in total. The first kappa shape index (κ1) is 30.7. The summed E-state index contributed by atoms with van der Waals surface area (Å²) in [6.07, 6.45) is 3.44. The predicted octanol–water partition coefficient (Wildman–Crippen LogP) is 3.09. The number of benzene rings is 2. The zero-order valence-corrected chi connectivity index (χ0v) is 26.8. The molecule has 3 atom stereocenters. The number of imide groups is 1. The van der Waals surface area contributed by atoms with E-state index in [0.717, 1.165) is 30.6 Å². The Kier molecular flexibility index (Phi) is 8.88. The summed E-state index contributed by atoms with van der Waals surface area (Å²) in [6.45, 7) is 2.94. The van der Waals surface area contributed by atoms with E-state index < -0.39 is 0 Å². The summed E-state index contributed by atoms with van der Waals surface area (Å²) in [6, 6.07) is 15.7. The Bertz CT molecular complexity index is 1740. The lowest BCUT2D eigenvalue weighted by Gasteiger charge is -2.37. The number of likely N-dealkylation sites (N-methyl/N-ethyl adjacent to an activating group) is 1. The van der Waals surface area contributed by atoms with E-state index in [-0.39, 0.29) is 47.1 Å². The predicted molar refractivity (Wildman–Crippen MR) is 174 cm³/mol. The maximum absolute atomic E-state index is 13.1. The van der Waals surface area contributed by atoms with Crippen LogP contribution in [0.1, 0.15) is 58.1 Å². The third-order valence-electron chi connectivity index (χ3n) is 8.84.